The number of hydrogen-bond acceptors (Lipinski definition) is 2. The van der Waals surface area contributed by atoms with Crippen LogP contribution in [-0.2, 0) is 9.47 Å². The van der Waals surface area contributed by atoms with Crippen molar-refractivity contribution in [2.45, 2.75) is 50.9 Å². The Morgan fingerprint density at radius 3 is 2.57 bits per heavy atom. The standard InChI is InChI=1S/C11H19ClO2/c1-11(9-5-3-2-4-6-9)13-8-10(7-12)14-11/h9-10H,2-8H2,1H3. The van der Waals surface area contributed by atoms with Gasteiger partial charge in [0.05, 0.1) is 18.6 Å². The van der Waals surface area contributed by atoms with Crippen molar-refractivity contribution in [3.05, 3.63) is 0 Å². The van der Waals surface area contributed by atoms with Crippen molar-refractivity contribution >= 4 is 11.6 Å². The molecule has 82 valence electrons. The summed E-state index contributed by atoms with van der Waals surface area (Å²) >= 11 is 5.77. The van der Waals surface area contributed by atoms with Crippen LogP contribution in [0.5, 0.6) is 0 Å². The maximum atomic E-state index is 5.88. The van der Waals surface area contributed by atoms with Gasteiger partial charge in [-0.05, 0) is 19.8 Å². The van der Waals surface area contributed by atoms with Gasteiger partial charge >= 0.3 is 0 Å². The Bertz CT molecular complexity index is 192. The van der Waals surface area contributed by atoms with Gasteiger partial charge in [-0.2, -0.15) is 0 Å². The minimum Gasteiger partial charge on any atom is -0.347 e. The molecule has 1 saturated carbocycles. The number of ether oxygens (including phenoxy) is 2. The topological polar surface area (TPSA) is 18.5 Å². The third kappa shape index (κ3) is 2.07. The lowest BCUT2D eigenvalue weighted by molar-refractivity contribution is -0.195. The van der Waals surface area contributed by atoms with Gasteiger partial charge in [-0.15, -0.1) is 11.6 Å². The van der Waals surface area contributed by atoms with Crippen LogP contribution in [0.3, 0.4) is 0 Å². The molecule has 2 unspecified atom stereocenters. The van der Waals surface area contributed by atoms with E-state index in [1.807, 2.05) is 0 Å². The van der Waals surface area contributed by atoms with E-state index in [2.05, 4.69) is 6.92 Å². The van der Waals surface area contributed by atoms with E-state index in [0.29, 0.717) is 18.4 Å². The van der Waals surface area contributed by atoms with Gasteiger partial charge in [0, 0.05) is 5.92 Å². The highest BCUT2D eigenvalue weighted by Gasteiger charge is 2.43. The van der Waals surface area contributed by atoms with Crippen molar-refractivity contribution in [2.24, 2.45) is 5.92 Å². The second-order valence-corrected chi connectivity index (χ2v) is 4.86. The van der Waals surface area contributed by atoms with Crippen LogP contribution in [0.4, 0.5) is 0 Å². The van der Waals surface area contributed by atoms with Crippen LogP contribution in [0, 0.1) is 5.92 Å². The minimum atomic E-state index is -0.347. The maximum absolute atomic E-state index is 5.88. The molecule has 0 aromatic rings. The minimum absolute atomic E-state index is 0.101. The Morgan fingerprint density at radius 2 is 2.00 bits per heavy atom. The molecule has 1 aliphatic heterocycles. The molecule has 0 spiro atoms. The van der Waals surface area contributed by atoms with E-state index in [1.165, 1.54) is 32.1 Å². The van der Waals surface area contributed by atoms with Crippen LogP contribution in [0.25, 0.3) is 0 Å². The van der Waals surface area contributed by atoms with E-state index in [1.54, 1.807) is 0 Å². The van der Waals surface area contributed by atoms with Gasteiger partial charge in [0.1, 0.15) is 0 Å². The van der Waals surface area contributed by atoms with Gasteiger partial charge in [0.25, 0.3) is 0 Å². The largest absolute Gasteiger partial charge is 0.347 e. The van der Waals surface area contributed by atoms with Crippen molar-refractivity contribution < 1.29 is 9.47 Å². The first kappa shape index (κ1) is 10.7. The highest BCUT2D eigenvalue weighted by molar-refractivity contribution is 6.18. The highest BCUT2D eigenvalue weighted by atomic mass is 35.5. The lowest BCUT2D eigenvalue weighted by Crippen LogP contribution is -2.37. The lowest BCUT2D eigenvalue weighted by Gasteiger charge is -2.35. The van der Waals surface area contributed by atoms with Gasteiger partial charge in [0.15, 0.2) is 5.79 Å². The predicted molar refractivity (Wildman–Crippen MR) is 56.5 cm³/mol. The third-order valence-corrected chi connectivity index (χ3v) is 3.82. The number of rotatable bonds is 2. The zero-order valence-corrected chi connectivity index (χ0v) is 9.55. The summed E-state index contributed by atoms with van der Waals surface area (Å²) < 4.78 is 11.7. The second kappa shape index (κ2) is 4.38. The molecule has 14 heavy (non-hydrogen) atoms. The third-order valence-electron chi connectivity index (χ3n) is 3.48. The smallest absolute Gasteiger partial charge is 0.168 e. The van der Waals surface area contributed by atoms with E-state index in [9.17, 15) is 0 Å². The second-order valence-electron chi connectivity index (χ2n) is 4.56. The first-order valence-corrected chi connectivity index (χ1v) is 6.16. The highest BCUT2D eigenvalue weighted by Crippen LogP contribution is 2.39. The summed E-state index contributed by atoms with van der Waals surface area (Å²) in [4.78, 5) is 0. The fourth-order valence-electron chi connectivity index (χ4n) is 2.57. The maximum Gasteiger partial charge on any atom is 0.168 e. The molecule has 2 rings (SSSR count). The van der Waals surface area contributed by atoms with E-state index in [4.69, 9.17) is 21.1 Å². The van der Waals surface area contributed by atoms with Crippen LogP contribution in [0.2, 0.25) is 0 Å². The van der Waals surface area contributed by atoms with Crippen molar-refractivity contribution in [1.29, 1.82) is 0 Å². The molecule has 2 aliphatic rings. The van der Waals surface area contributed by atoms with Gasteiger partial charge in [-0.25, -0.2) is 0 Å². The fourth-order valence-corrected chi connectivity index (χ4v) is 2.73. The number of alkyl halides is 1. The van der Waals surface area contributed by atoms with Crippen molar-refractivity contribution in [1.82, 2.24) is 0 Å². The molecule has 0 radical (unpaired) electrons. The Labute approximate surface area is 90.9 Å². The molecule has 2 nitrogen and oxygen atoms in total. The molecule has 1 saturated heterocycles. The predicted octanol–water partition coefficient (Wildman–Crippen LogP) is 2.94. The molecule has 1 aliphatic carbocycles. The van der Waals surface area contributed by atoms with Gasteiger partial charge in [-0.1, -0.05) is 19.3 Å². The quantitative estimate of drug-likeness (QED) is 0.664. The van der Waals surface area contributed by atoms with Gasteiger partial charge < -0.3 is 9.47 Å². The van der Waals surface area contributed by atoms with Crippen LogP contribution in [0.1, 0.15) is 39.0 Å². The lowest BCUT2D eigenvalue weighted by atomic mass is 9.84. The average molecular weight is 219 g/mol. The molecule has 0 aromatic carbocycles. The molecule has 2 fully saturated rings. The number of halogens is 1. The van der Waals surface area contributed by atoms with E-state index >= 15 is 0 Å². The molecular formula is C11H19ClO2. The summed E-state index contributed by atoms with van der Waals surface area (Å²) in [5.41, 5.74) is 0. The van der Waals surface area contributed by atoms with Crippen molar-refractivity contribution in [2.75, 3.05) is 12.5 Å². The zero-order valence-electron chi connectivity index (χ0n) is 8.80. The Morgan fingerprint density at radius 1 is 1.29 bits per heavy atom. The van der Waals surface area contributed by atoms with Gasteiger partial charge in [0.2, 0.25) is 0 Å². The molecule has 2 atom stereocenters. The molecule has 0 N–H and O–H groups in total. The summed E-state index contributed by atoms with van der Waals surface area (Å²) in [6.45, 7) is 2.74. The summed E-state index contributed by atoms with van der Waals surface area (Å²) in [5.74, 6) is 0.770. The van der Waals surface area contributed by atoms with Gasteiger partial charge in [-0.3, -0.25) is 0 Å². The fraction of sp³-hybridized carbons (Fsp3) is 1.00. The van der Waals surface area contributed by atoms with Crippen molar-refractivity contribution in [3.8, 4) is 0 Å². The van der Waals surface area contributed by atoms with Crippen LogP contribution >= 0.6 is 11.6 Å². The summed E-state index contributed by atoms with van der Waals surface area (Å²) in [7, 11) is 0. The molecule has 0 aromatic heterocycles. The first-order chi connectivity index (χ1) is 6.74. The van der Waals surface area contributed by atoms with E-state index in [-0.39, 0.29) is 11.9 Å². The summed E-state index contributed by atoms with van der Waals surface area (Å²) in [6, 6.07) is 0. The van der Waals surface area contributed by atoms with Crippen LogP contribution in [0.15, 0.2) is 0 Å². The van der Waals surface area contributed by atoms with E-state index < -0.39 is 0 Å². The average Bonchev–Trinajstić information content (AvgIpc) is 2.63. The first-order valence-electron chi connectivity index (χ1n) is 5.62. The summed E-state index contributed by atoms with van der Waals surface area (Å²) in [5, 5.41) is 0. The van der Waals surface area contributed by atoms with Crippen molar-refractivity contribution in [3.63, 3.8) is 0 Å². The molecule has 3 heteroatoms. The Hall–Kier alpha value is 0.210. The zero-order chi connectivity index (χ0) is 10.0. The van der Waals surface area contributed by atoms with Crippen LogP contribution in [-0.4, -0.2) is 24.4 Å². The monoisotopic (exact) mass is 218 g/mol. The Kier molecular flexibility index (Phi) is 3.35. The normalized spacial score (nSPS) is 40.3. The molecule has 0 amide bonds. The molecule has 1 heterocycles. The summed E-state index contributed by atoms with van der Waals surface area (Å²) in [6.07, 6.45) is 6.59. The SMILES string of the molecule is CC1(C2CCCCC2)OCC(CCl)O1. The van der Waals surface area contributed by atoms with Crippen LogP contribution < -0.4 is 0 Å². The molecule has 0 bridgehead atoms. The van der Waals surface area contributed by atoms with E-state index in [0.717, 1.165) is 0 Å². The number of hydrogen-bond donors (Lipinski definition) is 0. The Balaban J connectivity index is 1.94. The molecular weight excluding hydrogens is 200 g/mol.